The zero-order valence-corrected chi connectivity index (χ0v) is 17.8. The van der Waals surface area contributed by atoms with Gasteiger partial charge < -0.3 is 20.4 Å². The van der Waals surface area contributed by atoms with Gasteiger partial charge in [-0.05, 0) is 81.2 Å². The molecule has 4 aliphatic rings. The first kappa shape index (κ1) is 19.9. The Balaban J connectivity index is 1.24. The van der Waals surface area contributed by atoms with Crippen LogP contribution >= 0.6 is 0 Å². The average Bonchev–Trinajstić information content (AvgIpc) is 2.80. The third kappa shape index (κ3) is 3.82. The van der Waals surface area contributed by atoms with E-state index in [4.69, 9.17) is 0 Å². The van der Waals surface area contributed by atoms with Gasteiger partial charge in [0.2, 0.25) is 5.91 Å². The SMILES string of the molecule is O=C(NC[C@H]1[C@@H]2CNC[C@H](C2)[C@@H]2CCCC(=O)N21)c1ccc(N2CCCCC2)cc1. The molecule has 2 bridgehead atoms. The van der Waals surface area contributed by atoms with E-state index in [1.807, 2.05) is 12.1 Å². The highest BCUT2D eigenvalue weighted by atomic mass is 16.2. The average molecular weight is 411 g/mol. The van der Waals surface area contributed by atoms with Crippen molar-refractivity contribution in [2.24, 2.45) is 11.8 Å². The Bertz CT molecular complexity index is 774. The molecule has 1 aromatic rings. The van der Waals surface area contributed by atoms with E-state index in [0.717, 1.165) is 39.0 Å². The van der Waals surface area contributed by atoms with Crippen LogP contribution in [0.4, 0.5) is 5.69 Å². The lowest BCUT2D eigenvalue weighted by molar-refractivity contribution is -0.148. The molecule has 0 saturated carbocycles. The summed E-state index contributed by atoms with van der Waals surface area (Å²) in [5, 5.41) is 6.72. The van der Waals surface area contributed by atoms with Crippen molar-refractivity contribution in [3.8, 4) is 0 Å². The molecule has 0 radical (unpaired) electrons. The van der Waals surface area contributed by atoms with Crippen molar-refractivity contribution in [3.63, 3.8) is 0 Å². The Hall–Kier alpha value is -2.08. The van der Waals surface area contributed by atoms with Crippen LogP contribution in [0.25, 0.3) is 0 Å². The molecule has 4 heterocycles. The van der Waals surface area contributed by atoms with Crippen LogP contribution in [0.3, 0.4) is 0 Å². The topological polar surface area (TPSA) is 64.7 Å². The molecule has 4 atom stereocenters. The van der Waals surface area contributed by atoms with Gasteiger partial charge in [-0.1, -0.05) is 0 Å². The number of rotatable bonds is 4. The molecule has 0 aliphatic carbocycles. The smallest absolute Gasteiger partial charge is 0.251 e. The molecule has 6 heteroatoms. The molecule has 4 fully saturated rings. The molecular formula is C24H34N4O2. The van der Waals surface area contributed by atoms with Crippen LogP contribution in [-0.4, -0.2) is 61.5 Å². The summed E-state index contributed by atoms with van der Waals surface area (Å²) in [4.78, 5) is 30.2. The van der Waals surface area contributed by atoms with Crippen LogP contribution in [0.1, 0.15) is 55.3 Å². The van der Waals surface area contributed by atoms with Gasteiger partial charge in [0.25, 0.3) is 5.91 Å². The highest BCUT2D eigenvalue weighted by molar-refractivity contribution is 5.94. The Morgan fingerprint density at radius 3 is 2.60 bits per heavy atom. The number of amides is 2. The number of carbonyl (C=O) groups is 2. The quantitative estimate of drug-likeness (QED) is 0.800. The number of benzene rings is 1. The maximum absolute atomic E-state index is 12.8. The predicted molar refractivity (Wildman–Crippen MR) is 118 cm³/mol. The summed E-state index contributed by atoms with van der Waals surface area (Å²) in [6.07, 6.45) is 7.75. The highest BCUT2D eigenvalue weighted by Crippen LogP contribution is 2.39. The summed E-state index contributed by atoms with van der Waals surface area (Å²) < 4.78 is 0. The van der Waals surface area contributed by atoms with E-state index in [-0.39, 0.29) is 17.9 Å². The molecule has 30 heavy (non-hydrogen) atoms. The van der Waals surface area contributed by atoms with Gasteiger partial charge in [-0.2, -0.15) is 0 Å². The van der Waals surface area contributed by atoms with E-state index in [1.165, 1.54) is 31.4 Å². The van der Waals surface area contributed by atoms with Crippen molar-refractivity contribution in [3.05, 3.63) is 29.8 Å². The number of carbonyl (C=O) groups excluding carboxylic acids is 2. The van der Waals surface area contributed by atoms with E-state index in [2.05, 4.69) is 32.6 Å². The normalized spacial score (nSPS) is 31.3. The number of piperidine rings is 4. The number of nitrogens with zero attached hydrogens (tertiary/aromatic N) is 2. The number of hydrogen-bond acceptors (Lipinski definition) is 4. The maximum Gasteiger partial charge on any atom is 0.251 e. The molecule has 0 unspecified atom stereocenters. The van der Waals surface area contributed by atoms with Crippen molar-refractivity contribution in [1.82, 2.24) is 15.5 Å². The molecule has 0 aromatic heterocycles. The molecule has 162 valence electrons. The first-order valence-corrected chi connectivity index (χ1v) is 11.9. The van der Waals surface area contributed by atoms with Crippen LogP contribution in [0.5, 0.6) is 0 Å². The summed E-state index contributed by atoms with van der Waals surface area (Å²) in [7, 11) is 0. The van der Waals surface area contributed by atoms with Gasteiger partial charge in [0.1, 0.15) is 0 Å². The molecule has 6 nitrogen and oxygen atoms in total. The third-order valence-electron chi connectivity index (χ3n) is 7.72. The molecule has 4 aliphatic heterocycles. The summed E-state index contributed by atoms with van der Waals surface area (Å²) in [5.74, 6) is 1.26. The van der Waals surface area contributed by atoms with Crippen LogP contribution in [0, 0.1) is 11.8 Å². The number of hydrogen-bond donors (Lipinski definition) is 2. The summed E-state index contributed by atoms with van der Waals surface area (Å²) in [5.41, 5.74) is 1.91. The number of anilines is 1. The van der Waals surface area contributed by atoms with Gasteiger partial charge in [-0.25, -0.2) is 0 Å². The van der Waals surface area contributed by atoms with Crippen molar-refractivity contribution in [1.29, 1.82) is 0 Å². The van der Waals surface area contributed by atoms with E-state index >= 15 is 0 Å². The number of nitrogens with one attached hydrogen (secondary N) is 2. The van der Waals surface area contributed by atoms with Gasteiger partial charge in [-0.3, -0.25) is 9.59 Å². The second-order valence-corrected chi connectivity index (χ2v) is 9.55. The summed E-state index contributed by atoms with van der Waals surface area (Å²) in [6.45, 7) is 4.73. The summed E-state index contributed by atoms with van der Waals surface area (Å²) >= 11 is 0. The molecule has 0 spiro atoms. The Morgan fingerprint density at radius 1 is 1.03 bits per heavy atom. The van der Waals surface area contributed by atoms with E-state index < -0.39 is 0 Å². The van der Waals surface area contributed by atoms with Crippen molar-refractivity contribution in [2.45, 2.75) is 57.0 Å². The largest absolute Gasteiger partial charge is 0.372 e. The third-order valence-corrected chi connectivity index (χ3v) is 7.72. The lowest BCUT2D eigenvalue weighted by Crippen LogP contribution is -2.66. The van der Waals surface area contributed by atoms with Gasteiger partial charge in [0.05, 0.1) is 6.04 Å². The van der Waals surface area contributed by atoms with Crippen LogP contribution in [0.2, 0.25) is 0 Å². The van der Waals surface area contributed by atoms with E-state index in [9.17, 15) is 9.59 Å². The minimum Gasteiger partial charge on any atom is -0.372 e. The van der Waals surface area contributed by atoms with E-state index in [0.29, 0.717) is 36.4 Å². The number of fused-ring (bicyclic) bond motifs is 4. The van der Waals surface area contributed by atoms with Crippen LogP contribution in [0.15, 0.2) is 24.3 Å². The fourth-order valence-corrected chi connectivity index (χ4v) is 6.17. The fraction of sp³-hybridized carbons (Fsp3) is 0.667. The fourth-order valence-electron chi connectivity index (χ4n) is 6.17. The lowest BCUT2D eigenvalue weighted by Gasteiger charge is -2.54. The minimum atomic E-state index is -0.0351. The Labute approximate surface area is 179 Å². The molecular weight excluding hydrogens is 376 g/mol. The zero-order chi connectivity index (χ0) is 20.5. The van der Waals surface area contributed by atoms with Crippen molar-refractivity contribution < 1.29 is 9.59 Å². The van der Waals surface area contributed by atoms with Gasteiger partial charge in [0, 0.05) is 49.9 Å². The monoisotopic (exact) mass is 410 g/mol. The zero-order valence-electron chi connectivity index (χ0n) is 17.8. The second-order valence-electron chi connectivity index (χ2n) is 9.55. The highest BCUT2D eigenvalue weighted by Gasteiger charge is 2.47. The minimum absolute atomic E-state index is 0.0351. The molecule has 2 N–H and O–H groups in total. The van der Waals surface area contributed by atoms with Crippen LogP contribution in [-0.2, 0) is 4.79 Å². The first-order chi connectivity index (χ1) is 14.7. The molecule has 1 aromatic carbocycles. The Morgan fingerprint density at radius 2 is 1.80 bits per heavy atom. The lowest BCUT2D eigenvalue weighted by atomic mass is 9.72. The Kier molecular flexibility index (Phi) is 5.68. The maximum atomic E-state index is 12.8. The van der Waals surface area contributed by atoms with Gasteiger partial charge >= 0.3 is 0 Å². The van der Waals surface area contributed by atoms with Crippen LogP contribution < -0.4 is 15.5 Å². The van der Waals surface area contributed by atoms with Crippen molar-refractivity contribution >= 4 is 17.5 Å². The second kappa shape index (κ2) is 8.58. The summed E-state index contributed by atoms with van der Waals surface area (Å²) in [6, 6.07) is 8.48. The van der Waals surface area contributed by atoms with Gasteiger partial charge in [0.15, 0.2) is 0 Å². The molecule has 2 amide bonds. The van der Waals surface area contributed by atoms with Crippen molar-refractivity contribution in [2.75, 3.05) is 37.6 Å². The molecule has 4 saturated heterocycles. The first-order valence-electron chi connectivity index (χ1n) is 11.9. The molecule has 5 rings (SSSR count). The van der Waals surface area contributed by atoms with Gasteiger partial charge in [-0.15, -0.1) is 0 Å². The predicted octanol–water partition coefficient (Wildman–Crippen LogP) is 2.40. The standard InChI is InChI=1S/C24H34N4O2/c29-23-6-4-5-21-18-13-19(15-25-14-18)22(28(21)23)16-26-24(30)17-7-9-20(10-8-17)27-11-2-1-3-12-27/h7-10,18-19,21-22,25H,1-6,11-16H2,(H,26,30)/t18-,19-,21-,22-/m0/s1. The van der Waals surface area contributed by atoms with E-state index in [1.54, 1.807) is 0 Å².